The van der Waals surface area contributed by atoms with Gasteiger partial charge in [0.25, 0.3) is 5.91 Å². The Kier molecular flexibility index (Phi) is 6.38. The zero-order valence-corrected chi connectivity index (χ0v) is 17.9. The summed E-state index contributed by atoms with van der Waals surface area (Å²) in [6.45, 7) is 2.66. The van der Waals surface area contributed by atoms with Gasteiger partial charge in [-0.05, 0) is 73.8 Å². The van der Waals surface area contributed by atoms with Crippen molar-refractivity contribution in [1.29, 1.82) is 0 Å². The Morgan fingerprint density at radius 3 is 2.50 bits per heavy atom. The Bertz CT molecular complexity index is 904. The maximum atomic E-state index is 15.0. The molecule has 5 heteroatoms. The van der Waals surface area contributed by atoms with Crippen LogP contribution in [0.1, 0.15) is 73.7 Å². The third-order valence-corrected chi connectivity index (χ3v) is 6.47. The minimum absolute atomic E-state index is 0.154. The van der Waals surface area contributed by atoms with Gasteiger partial charge in [-0.25, -0.2) is 9.40 Å². The Morgan fingerprint density at radius 1 is 1.10 bits per heavy atom. The lowest BCUT2D eigenvalue weighted by Crippen LogP contribution is -2.39. The van der Waals surface area contributed by atoms with Crippen molar-refractivity contribution >= 4 is 5.91 Å². The van der Waals surface area contributed by atoms with E-state index in [1.807, 2.05) is 38.2 Å². The van der Waals surface area contributed by atoms with Crippen molar-refractivity contribution in [3.63, 3.8) is 0 Å². The van der Waals surface area contributed by atoms with Gasteiger partial charge in [0, 0.05) is 19.2 Å². The molecule has 160 valence electrons. The van der Waals surface area contributed by atoms with Crippen LogP contribution in [0.15, 0.2) is 36.4 Å². The summed E-state index contributed by atoms with van der Waals surface area (Å²) in [4.78, 5) is 13.1. The molecule has 1 N–H and O–H groups in total. The number of carbonyl (C=O) groups is 1. The second-order valence-electron chi connectivity index (χ2n) is 8.49. The van der Waals surface area contributed by atoms with Gasteiger partial charge in [-0.3, -0.25) is 10.2 Å². The van der Waals surface area contributed by atoms with Gasteiger partial charge in [0.2, 0.25) is 0 Å². The maximum Gasteiger partial charge on any atom is 0.266 e. The lowest BCUT2D eigenvalue weighted by atomic mass is 9.76. The number of hydrazine groups is 1. The van der Waals surface area contributed by atoms with Gasteiger partial charge < -0.3 is 4.74 Å². The second-order valence-corrected chi connectivity index (χ2v) is 8.49. The molecule has 0 spiro atoms. The van der Waals surface area contributed by atoms with E-state index in [0.717, 1.165) is 56.1 Å². The average molecular weight is 411 g/mol. The normalized spacial score (nSPS) is 17.2. The number of amides is 1. The van der Waals surface area contributed by atoms with Crippen LogP contribution in [-0.4, -0.2) is 30.6 Å². The molecule has 0 radical (unpaired) electrons. The molecule has 4 rings (SSSR count). The van der Waals surface area contributed by atoms with Crippen LogP contribution in [0.2, 0.25) is 0 Å². The van der Waals surface area contributed by atoms with E-state index < -0.39 is 0 Å². The lowest BCUT2D eigenvalue weighted by Gasteiger charge is -2.30. The van der Waals surface area contributed by atoms with Crippen molar-refractivity contribution in [2.75, 3.05) is 13.6 Å². The molecular weight excluding hydrogens is 379 g/mol. The number of rotatable bonds is 7. The summed E-state index contributed by atoms with van der Waals surface area (Å²) in [5, 5.41) is 1.75. The number of nitrogens with zero attached hydrogens (tertiary/aromatic N) is 1. The van der Waals surface area contributed by atoms with E-state index >= 15 is 0 Å². The summed E-state index contributed by atoms with van der Waals surface area (Å²) in [5.41, 5.74) is 5.67. The molecule has 2 aromatic carbocycles. The largest absolute Gasteiger partial charge is 0.490 e. The van der Waals surface area contributed by atoms with Crippen LogP contribution in [0.4, 0.5) is 4.39 Å². The molecule has 0 heterocycles. The molecule has 0 bridgehead atoms. The number of halogens is 1. The number of nitrogens with one attached hydrogen (secondary N) is 1. The lowest BCUT2D eigenvalue weighted by molar-refractivity contribution is 0.0835. The quantitative estimate of drug-likeness (QED) is 0.597. The van der Waals surface area contributed by atoms with Gasteiger partial charge in [0.15, 0.2) is 0 Å². The molecule has 2 aliphatic rings. The average Bonchev–Trinajstić information content (AvgIpc) is 3.21. The van der Waals surface area contributed by atoms with Gasteiger partial charge in [0.05, 0.1) is 11.7 Å². The first kappa shape index (κ1) is 20.9. The molecule has 2 saturated carbocycles. The van der Waals surface area contributed by atoms with E-state index in [-0.39, 0.29) is 23.7 Å². The first-order valence-corrected chi connectivity index (χ1v) is 11.2. The summed E-state index contributed by atoms with van der Waals surface area (Å²) >= 11 is 0. The van der Waals surface area contributed by atoms with E-state index in [1.165, 1.54) is 6.07 Å². The highest BCUT2D eigenvalue weighted by Gasteiger charge is 2.29. The highest BCUT2D eigenvalue weighted by Crippen LogP contribution is 2.46. The van der Waals surface area contributed by atoms with Crippen LogP contribution in [0.5, 0.6) is 5.75 Å². The smallest absolute Gasteiger partial charge is 0.266 e. The fourth-order valence-corrected chi connectivity index (χ4v) is 4.46. The highest BCUT2D eigenvalue weighted by atomic mass is 19.1. The third-order valence-electron chi connectivity index (χ3n) is 6.47. The van der Waals surface area contributed by atoms with Crippen LogP contribution >= 0.6 is 0 Å². The van der Waals surface area contributed by atoms with Crippen LogP contribution in [0.25, 0.3) is 11.1 Å². The zero-order chi connectivity index (χ0) is 21.1. The van der Waals surface area contributed by atoms with Crippen molar-refractivity contribution in [1.82, 2.24) is 10.4 Å². The molecule has 2 aliphatic carbocycles. The molecule has 2 fully saturated rings. The molecule has 30 heavy (non-hydrogen) atoms. The van der Waals surface area contributed by atoms with E-state index in [9.17, 15) is 9.18 Å². The second kappa shape index (κ2) is 9.17. The maximum absolute atomic E-state index is 15.0. The Labute approximate surface area is 178 Å². The molecule has 0 aromatic heterocycles. The fraction of sp³-hybridized carbons (Fsp3) is 0.480. The number of hydrogen-bond donors (Lipinski definition) is 1. The van der Waals surface area contributed by atoms with E-state index in [1.54, 1.807) is 11.1 Å². The van der Waals surface area contributed by atoms with Gasteiger partial charge in [0.1, 0.15) is 11.6 Å². The minimum atomic E-state index is -0.199. The van der Waals surface area contributed by atoms with Gasteiger partial charge in [-0.2, -0.15) is 0 Å². The van der Waals surface area contributed by atoms with Gasteiger partial charge in [-0.15, -0.1) is 0 Å². The SMILES string of the molecule is CCN(C)NC(=O)c1cccc(OC2CCCC2)c1-c1cccc(F)c1C1CCC1. The first-order chi connectivity index (χ1) is 14.6. The van der Waals surface area contributed by atoms with Gasteiger partial charge in [-0.1, -0.05) is 31.5 Å². The summed E-state index contributed by atoms with van der Waals surface area (Å²) in [7, 11) is 1.83. The Balaban J connectivity index is 1.83. The van der Waals surface area contributed by atoms with E-state index in [0.29, 0.717) is 23.4 Å². The number of ether oxygens (including phenoxy) is 1. The Morgan fingerprint density at radius 2 is 1.83 bits per heavy atom. The summed E-state index contributed by atoms with van der Waals surface area (Å²) in [5.74, 6) is 0.495. The molecule has 0 aliphatic heterocycles. The van der Waals surface area contributed by atoms with Crippen molar-refractivity contribution in [2.45, 2.75) is 63.9 Å². The number of hydrogen-bond acceptors (Lipinski definition) is 3. The molecular formula is C25H31FN2O2. The monoisotopic (exact) mass is 410 g/mol. The number of carbonyl (C=O) groups excluding carboxylic acids is 1. The van der Waals surface area contributed by atoms with Crippen LogP contribution in [0.3, 0.4) is 0 Å². The molecule has 1 amide bonds. The fourth-order valence-electron chi connectivity index (χ4n) is 4.46. The zero-order valence-electron chi connectivity index (χ0n) is 17.9. The van der Waals surface area contributed by atoms with Crippen LogP contribution < -0.4 is 10.2 Å². The topological polar surface area (TPSA) is 41.6 Å². The van der Waals surface area contributed by atoms with Crippen molar-refractivity contribution in [3.8, 4) is 16.9 Å². The van der Waals surface area contributed by atoms with Gasteiger partial charge >= 0.3 is 0 Å². The van der Waals surface area contributed by atoms with Crippen molar-refractivity contribution in [2.24, 2.45) is 0 Å². The van der Waals surface area contributed by atoms with Crippen LogP contribution in [0, 0.1) is 5.82 Å². The molecule has 2 aromatic rings. The predicted octanol–water partition coefficient (Wildman–Crippen LogP) is 5.68. The molecule has 0 unspecified atom stereocenters. The highest BCUT2D eigenvalue weighted by molar-refractivity contribution is 6.02. The first-order valence-electron chi connectivity index (χ1n) is 11.2. The third kappa shape index (κ3) is 4.22. The summed E-state index contributed by atoms with van der Waals surface area (Å²) in [6.07, 6.45) is 7.61. The molecule has 4 nitrogen and oxygen atoms in total. The molecule has 0 atom stereocenters. The standard InChI is InChI=1S/C25H31FN2O2/c1-3-28(2)27-25(29)20-14-8-16-22(30-18-11-4-5-12-18)24(20)19-13-7-15-21(26)23(19)17-9-6-10-17/h7-8,13-18H,3-6,9-12H2,1-2H3,(H,27,29). The van der Waals surface area contributed by atoms with E-state index in [2.05, 4.69) is 5.43 Å². The predicted molar refractivity (Wildman–Crippen MR) is 117 cm³/mol. The van der Waals surface area contributed by atoms with Crippen molar-refractivity contribution in [3.05, 3.63) is 53.3 Å². The van der Waals surface area contributed by atoms with E-state index in [4.69, 9.17) is 4.74 Å². The molecule has 0 saturated heterocycles. The van der Waals surface area contributed by atoms with Crippen LogP contribution in [-0.2, 0) is 0 Å². The number of benzene rings is 2. The minimum Gasteiger partial charge on any atom is -0.490 e. The summed E-state index contributed by atoms with van der Waals surface area (Å²) < 4.78 is 21.4. The summed E-state index contributed by atoms with van der Waals surface area (Å²) in [6, 6.07) is 10.8. The van der Waals surface area contributed by atoms with Crippen molar-refractivity contribution < 1.29 is 13.9 Å². The Hall–Kier alpha value is -2.40.